The molecular formula is C14H19ClN2. The zero-order valence-electron chi connectivity index (χ0n) is 10.2. The molecule has 0 radical (unpaired) electrons. The molecule has 3 heteroatoms. The number of aryl methyl sites for hydroxylation is 1. The largest absolute Gasteiger partial charge is 0.382 e. The Balaban J connectivity index is 2.05. The van der Waals surface area contributed by atoms with Crippen molar-refractivity contribution < 1.29 is 0 Å². The van der Waals surface area contributed by atoms with Crippen molar-refractivity contribution >= 4 is 17.3 Å². The van der Waals surface area contributed by atoms with E-state index in [1.54, 1.807) is 0 Å². The van der Waals surface area contributed by atoms with E-state index in [0.717, 1.165) is 42.2 Å². The monoisotopic (exact) mass is 250 g/mol. The van der Waals surface area contributed by atoms with Crippen LogP contribution in [-0.2, 0) is 0 Å². The van der Waals surface area contributed by atoms with Crippen LogP contribution in [0.4, 0.5) is 0 Å². The lowest BCUT2D eigenvalue weighted by molar-refractivity contribution is 0.425. The van der Waals surface area contributed by atoms with Crippen molar-refractivity contribution in [1.82, 2.24) is 10.6 Å². The van der Waals surface area contributed by atoms with Crippen LogP contribution in [-0.4, -0.2) is 19.1 Å². The van der Waals surface area contributed by atoms with Crippen molar-refractivity contribution in [3.63, 3.8) is 0 Å². The fourth-order valence-corrected chi connectivity index (χ4v) is 2.38. The van der Waals surface area contributed by atoms with Gasteiger partial charge in [0, 0.05) is 22.3 Å². The first-order valence-corrected chi connectivity index (χ1v) is 6.47. The maximum absolute atomic E-state index is 6.02. The highest BCUT2D eigenvalue weighted by Crippen LogP contribution is 2.21. The molecule has 2 nitrogen and oxygen atoms in total. The van der Waals surface area contributed by atoms with Gasteiger partial charge < -0.3 is 10.6 Å². The average molecular weight is 251 g/mol. The molecule has 1 saturated heterocycles. The molecule has 2 rings (SSSR count). The number of hydrogen-bond donors (Lipinski definition) is 2. The third-order valence-corrected chi connectivity index (χ3v) is 3.48. The van der Waals surface area contributed by atoms with Gasteiger partial charge in [-0.1, -0.05) is 24.2 Å². The number of halogens is 1. The van der Waals surface area contributed by atoms with Gasteiger partial charge in [-0.3, -0.25) is 0 Å². The third kappa shape index (κ3) is 3.24. The molecule has 0 unspecified atom stereocenters. The summed E-state index contributed by atoms with van der Waals surface area (Å²) >= 11 is 6.02. The van der Waals surface area contributed by atoms with E-state index in [4.69, 9.17) is 11.6 Å². The summed E-state index contributed by atoms with van der Waals surface area (Å²) < 4.78 is 0. The molecule has 0 aliphatic carbocycles. The van der Waals surface area contributed by atoms with Crippen LogP contribution in [0.2, 0.25) is 5.02 Å². The number of hydrogen-bond acceptors (Lipinski definition) is 2. The van der Waals surface area contributed by atoms with Gasteiger partial charge in [-0.15, -0.1) is 0 Å². The Morgan fingerprint density at radius 3 is 2.82 bits per heavy atom. The molecule has 1 aromatic carbocycles. The van der Waals surface area contributed by atoms with Crippen LogP contribution in [0.15, 0.2) is 24.8 Å². The second kappa shape index (κ2) is 5.56. The highest BCUT2D eigenvalue weighted by molar-refractivity contribution is 6.30. The van der Waals surface area contributed by atoms with Gasteiger partial charge in [0.05, 0.1) is 0 Å². The smallest absolute Gasteiger partial charge is 0.0412 e. The fraction of sp³-hybridized carbons (Fsp3) is 0.429. The Kier molecular flexibility index (Phi) is 4.08. The van der Waals surface area contributed by atoms with Gasteiger partial charge in [-0.2, -0.15) is 0 Å². The molecule has 0 atom stereocenters. The van der Waals surface area contributed by atoms with Crippen LogP contribution in [0.1, 0.15) is 24.0 Å². The Bertz CT molecular complexity index is 409. The number of rotatable bonds is 3. The van der Waals surface area contributed by atoms with Crippen LogP contribution in [0.5, 0.6) is 0 Å². The van der Waals surface area contributed by atoms with E-state index in [0.29, 0.717) is 6.04 Å². The maximum Gasteiger partial charge on any atom is 0.0412 e. The molecule has 0 saturated carbocycles. The molecule has 1 aliphatic rings. The summed E-state index contributed by atoms with van der Waals surface area (Å²) in [5, 5.41) is 7.63. The summed E-state index contributed by atoms with van der Waals surface area (Å²) in [6, 6.07) is 6.46. The van der Waals surface area contributed by atoms with Gasteiger partial charge in [0.2, 0.25) is 0 Å². The van der Waals surface area contributed by atoms with Gasteiger partial charge >= 0.3 is 0 Å². The molecule has 17 heavy (non-hydrogen) atoms. The second-order valence-corrected chi connectivity index (χ2v) is 5.04. The number of benzene rings is 1. The van der Waals surface area contributed by atoms with Crippen molar-refractivity contribution in [3.05, 3.63) is 40.9 Å². The molecular weight excluding hydrogens is 232 g/mol. The maximum atomic E-state index is 6.02. The van der Waals surface area contributed by atoms with Crippen LogP contribution in [0.3, 0.4) is 0 Å². The van der Waals surface area contributed by atoms with Gasteiger partial charge in [0.1, 0.15) is 0 Å². The minimum Gasteiger partial charge on any atom is -0.382 e. The number of nitrogens with one attached hydrogen (secondary N) is 2. The first-order chi connectivity index (χ1) is 8.16. The van der Waals surface area contributed by atoms with Crippen molar-refractivity contribution in [3.8, 4) is 0 Å². The van der Waals surface area contributed by atoms with E-state index in [1.807, 2.05) is 18.2 Å². The molecule has 0 amide bonds. The Morgan fingerprint density at radius 1 is 1.41 bits per heavy atom. The molecule has 0 bridgehead atoms. The fourth-order valence-electron chi connectivity index (χ4n) is 2.21. The van der Waals surface area contributed by atoms with Crippen molar-refractivity contribution in [2.24, 2.45) is 0 Å². The number of piperidine rings is 1. The average Bonchev–Trinajstić information content (AvgIpc) is 2.33. The Morgan fingerprint density at radius 2 is 2.12 bits per heavy atom. The van der Waals surface area contributed by atoms with E-state index < -0.39 is 0 Å². The van der Waals surface area contributed by atoms with E-state index in [9.17, 15) is 0 Å². The van der Waals surface area contributed by atoms with Crippen LogP contribution >= 0.6 is 11.6 Å². The lowest BCUT2D eigenvalue weighted by Crippen LogP contribution is -2.39. The van der Waals surface area contributed by atoms with Crippen molar-refractivity contribution in [2.45, 2.75) is 25.8 Å². The third-order valence-electron chi connectivity index (χ3n) is 3.24. The van der Waals surface area contributed by atoms with Gasteiger partial charge in [-0.25, -0.2) is 0 Å². The van der Waals surface area contributed by atoms with Crippen LogP contribution in [0.25, 0.3) is 5.70 Å². The molecule has 0 aromatic heterocycles. The van der Waals surface area contributed by atoms with E-state index in [1.165, 1.54) is 5.56 Å². The molecule has 1 aromatic rings. The molecule has 0 spiro atoms. The van der Waals surface area contributed by atoms with Gasteiger partial charge in [0.15, 0.2) is 0 Å². The van der Waals surface area contributed by atoms with E-state index in [2.05, 4.69) is 24.1 Å². The summed E-state index contributed by atoms with van der Waals surface area (Å²) in [6.45, 7) is 8.38. The van der Waals surface area contributed by atoms with Crippen LogP contribution < -0.4 is 10.6 Å². The predicted octanol–water partition coefficient (Wildman–Crippen LogP) is 2.96. The lowest BCUT2D eigenvalue weighted by Gasteiger charge is -2.26. The van der Waals surface area contributed by atoms with E-state index in [-0.39, 0.29) is 0 Å². The van der Waals surface area contributed by atoms with E-state index >= 15 is 0 Å². The predicted molar refractivity (Wildman–Crippen MR) is 74.3 cm³/mol. The Labute approximate surface area is 108 Å². The molecule has 92 valence electrons. The van der Waals surface area contributed by atoms with Crippen molar-refractivity contribution in [1.29, 1.82) is 0 Å². The Hall–Kier alpha value is -0.990. The summed E-state index contributed by atoms with van der Waals surface area (Å²) in [6.07, 6.45) is 2.30. The van der Waals surface area contributed by atoms with Gasteiger partial charge in [0.25, 0.3) is 0 Å². The highest BCUT2D eigenvalue weighted by atomic mass is 35.5. The van der Waals surface area contributed by atoms with Crippen molar-refractivity contribution in [2.75, 3.05) is 13.1 Å². The molecule has 1 fully saturated rings. The summed E-state index contributed by atoms with van der Waals surface area (Å²) in [7, 11) is 0. The quantitative estimate of drug-likeness (QED) is 0.862. The minimum absolute atomic E-state index is 0.530. The highest BCUT2D eigenvalue weighted by Gasteiger charge is 2.14. The first-order valence-electron chi connectivity index (χ1n) is 6.09. The summed E-state index contributed by atoms with van der Waals surface area (Å²) in [4.78, 5) is 0. The van der Waals surface area contributed by atoms with Crippen LogP contribution in [0, 0.1) is 6.92 Å². The molecule has 2 N–H and O–H groups in total. The standard InChI is InChI=1S/C14H19ClN2/c1-10-3-4-12(15)9-14(10)11(2)17-13-5-7-16-8-6-13/h3-4,9,13,16-17H,2,5-8H2,1H3. The SMILES string of the molecule is C=C(NC1CCNCC1)c1cc(Cl)ccc1C. The summed E-state index contributed by atoms with van der Waals surface area (Å²) in [5.74, 6) is 0. The zero-order valence-corrected chi connectivity index (χ0v) is 11.0. The minimum atomic E-state index is 0.530. The molecule has 1 heterocycles. The zero-order chi connectivity index (χ0) is 12.3. The molecule has 1 aliphatic heterocycles. The van der Waals surface area contributed by atoms with Gasteiger partial charge in [-0.05, 0) is 50.6 Å². The second-order valence-electron chi connectivity index (χ2n) is 4.61. The first kappa shape index (κ1) is 12.5. The normalized spacial score (nSPS) is 16.8. The lowest BCUT2D eigenvalue weighted by atomic mass is 10.0. The summed E-state index contributed by atoms with van der Waals surface area (Å²) in [5.41, 5.74) is 3.31. The topological polar surface area (TPSA) is 24.1 Å².